The van der Waals surface area contributed by atoms with Crippen molar-refractivity contribution in [1.29, 1.82) is 0 Å². The largest absolute Gasteiger partial charge is 0.481 e. The quantitative estimate of drug-likeness (QED) is 0.0727. The van der Waals surface area contributed by atoms with Crippen molar-refractivity contribution in [3.63, 3.8) is 0 Å². The number of aliphatic hydroxyl groups is 3. The van der Waals surface area contributed by atoms with Crippen LogP contribution in [0.2, 0.25) is 0 Å². The van der Waals surface area contributed by atoms with Gasteiger partial charge in [-0.2, -0.15) is 0 Å². The summed E-state index contributed by atoms with van der Waals surface area (Å²) in [5.41, 5.74) is -1.26. The van der Waals surface area contributed by atoms with Crippen molar-refractivity contribution in [3.8, 4) is 0 Å². The Kier molecular flexibility index (Phi) is 19.5. The second-order valence-electron chi connectivity index (χ2n) is 28.7. The van der Waals surface area contributed by atoms with Crippen molar-refractivity contribution < 1.29 is 92.0 Å². The Balaban J connectivity index is 0.759. The Hall–Kier alpha value is -2.89. The molecule has 0 aromatic carbocycles. The summed E-state index contributed by atoms with van der Waals surface area (Å²) in [7, 11) is 0. The summed E-state index contributed by atoms with van der Waals surface area (Å²) in [6, 6.07) is 0. The minimum Gasteiger partial charge on any atom is -0.481 e. The molecule has 19 nitrogen and oxygen atoms in total. The maximum atomic E-state index is 12.5. The predicted octanol–water partition coefficient (Wildman–Crippen LogP) is 7.89. The van der Waals surface area contributed by atoms with Gasteiger partial charge in [0, 0.05) is 56.8 Å². The number of carbonyl (C=O) groups excluding carboxylic acids is 1. The van der Waals surface area contributed by atoms with Gasteiger partial charge in [-0.3, -0.25) is 14.4 Å². The van der Waals surface area contributed by atoms with Gasteiger partial charge in [0.05, 0.1) is 134 Å². The number of aliphatic hydroxyl groups excluding tert-OH is 3. The van der Waals surface area contributed by atoms with Gasteiger partial charge in [-0.1, -0.05) is 65.0 Å². The maximum absolute atomic E-state index is 12.5. The first kappa shape index (κ1) is 64.1. The zero-order chi connectivity index (χ0) is 60.4. The number of fused-ring (bicyclic) bond motifs is 8. The number of hydrogen-bond acceptors (Lipinski definition) is 17. The van der Waals surface area contributed by atoms with Gasteiger partial charge in [-0.15, -0.1) is 0 Å². The third-order valence-corrected chi connectivity index (χ3v) is 21.1. The van der Waals surface area contributed by atoms with Gasteiger partial charge in [0.1, 0.15) is 17.8 Å². The Morgan fingerprint density at radius 3 is 2.19 bits per heavy atom. The minimum absolute atomic E-state index is 0.0345. The van der Waals surface area contributed by atoms with Gasteiger partial charge < -0.3 is 77.6 Å². The van der Waals surface area contributed by atoms with E-state index in [-0.39, 0.29) is 129 Å². The maximum Gasteiger partial charge on any atom is 0.306 e. The van der Waals surface area contributed by atoms with Crippen molar-refractivity contribution in [2.45, 2.75) is 317 Å². The Labute approximate surface area is 497 Å². The monoisotopic (exact) mass is 1180 g/mol. The summed E-state index contributed by atoms with van der Waals surface area (Å²) in [4.78, 5) is 34.9. The van der Waals surface area contributed by atoms with Crippen molar-refractivity contribution in [2.75, 3.05) is 6.61 Å². The molecule has 0 spiro atoms. The van der Waals surface area contributed by atoms with E-state index < -0.39 is 89.1 Å². The summed E-state index contributed by atoms with van der Waals surface area (Å²) in [5.74, 6) is -2.58. The van der Waals surface area contributed by atoms with Crippen LogP contribution in [0.4, 0.5) is 0 Å². The molecule has 9 saturated heterocycles. The Morgan fingerprint density at radius 1 is 0.726 bits per heavy atom. The van der Waals surface area contributed by atoms with E-state index in [9.17, 15) is 34.8 Å². The second-order valence-corrected chi connectivity index (χ2v) is 28.7. The van der Waals surface area contributed by atoms with Crippen LogP contribution in [0.5, 0.6) is 0 Å². The molecule has 0 bridgehead atoms. The molecule has 84 heavy (non-hydrogen) atoms. The van der Waals surface area contributed by atoms with Crippen LogP contribution in [0.15, 0.2) is 36.0 Å². The fourth-order valence-electron chi connectivity index (χ4n) is 16.7. The molecule has 0 aromatic rings. The van der Waals surface area contributed by atoms with Gasteiger partial charge >= 0.3 is 17.9 Å². The highest BCUT2D eigenvalue weighted by molar-refractivity contribution is 5.72. The summed E-state index contributed by atoms with van der Waals surface area (Å²) >= 11 is 0. The number of ether oxygens (including phenoxy) is 11. The van der Waals surface area contributed by atoms with E-state index >= 15 is 0 Å². The summed E-state index contributed by atoms with van der Waals surface area (Å²) in [6.07, 6.45) is 5.79. The molecule has 5 N–H and O–H groups in total. The van der Waals surface area contributed by atoms with Gasteiger partial charge in [0.2, 0.25) is 0 Å². The molecule has 474 valence electrons. The molecular formula is C65H100O19. The van der Waals surface area contributed by atoms with Crippen molar-refractivity contribution in [3.05, 3.63) is 36.0 Å². The number of aliphatic carboxylic acids is 2. The molecule has 0 radical (unpaired) electrons. The van der Waals surface area contributed by atoms with E-state index in [1.54, 1.807) is 6.92 Å². The molecule has 28 atom stereocenters. The van der Waals surface area contributed by atoms with E-state index in [4.69, 9.17) is 57.2 Å². The second kappa shape index (κ2) is 25.5. The topological polar surface area (TPSA) is 254 Å². The van der Waals surface area contributed by atoms with Crippen molar-refractivity contribution >= 4 is 17.9 Å². The highest BCUT2D eigenvalue weighted by atomic mass is 16.7. The lowest BCUT2D eigenvalue weighted by Crippen LogP contribution is -2.74. The highest BCUT2D eigenvalue weighted by Gasteiger charge is 2.65. The van der Waals surface area contributed by atoms with E-state index in [1.165, 1.54) is 0 Å². The zero-order valence-electron chi connectivity index (χ0n) is 51.5. The third kappa shape index (κ3) is 13.8. The average Bonchev–Trinajstić information content (AvgIpc) is 0.867. The summed E-state index contributed by atoms with van der Waals surface area (Å²) in [5, 5.41) is 53.8. The van der Waals surface area contributed by atoms with Crippen LogP contribution in [0.1, 0.15) is 178 Å². The first-order valence-corrected chi connectivity index (χ1v) is 31.9. The van der Waals surface area contributed by atoms with Gasteiger partial charge in [-0.05, 0) is 116 Å². The fourth-order valence-corrected chi connectivity index (χ4v) is 16.7. The van der Waals surface area contributed by atoms with Crippen molar-refractivity contribution in [2.24, 2.45) is 29.6 Å². The van der Waals surface area contributed by atoms with Gasteiger partial charge in [0.25, 0.3) is 0 Å². The molecule has 0 unspecified atom stereocenters. The average molecular weight is 1190 g/mol. The molecule has 0 aromatic heterocycles. The number of carbonyl (C=O) groups is 3. The minimum atomic E-state index is -1.09. The first-order valence-electron chi connectivity index (χ1n) is 31.9. The van der Waals surface area contributed by atoms with Gasteiger partial charge in [-0.25, -0.2) is 0 Å². The standard InChI is InChI=1S/C65H100O19/c1-33(19-35(3)31-74-57(72)22-34(2)21-55(68)69)20-46-37(5)24-52-62(8,83-46)30-50-60(80-52)61(73)65(11)54(78-50)29-49-59(84-65)36(4)13-12-14-44-43(76-49)17-18-51-63(9,81-44)32-64(10)53(79-51)28-48-45(82-64)16-15-42(67)47(77-48)27-40(66)26-41-23-38(6)58(75-41)39(7)25-56(70)71/h12-13,19,34-36,38-54,58-61,66-67,73H,5,14-18,20-32H2,1-4,6-11H3,(H,68,69)(H,70,71)/b13-12-,33-19+/t34-,35+,36+,38+,39-,40+,41-,42-,43+,44-,45+,46-,47+,48-,49-,50-,51-,52-,53+,54+,58-,59+,60-,61+,62+,63+,64-,65+/m0/s1. The van der Waals surface area contributed by atoms with Gasteiger partial charge in [0.15, 0.2) is 0 Å². The lowest BCUT2D eigenvalue weighted by molar-refractivity contribution is -0.369. The highest BCUT2D eigenvalue weighted by Crippen LogP contribution is 2.54. The lowest BCUT2D eigenvalue weighted by Gasteiger charge is -2.61. The zero-order valence-corrected chi connectivity index (χ0v) is 51.5. The smallest absolute Gasteiger partial charge is 0.306 e. The molecular weight excluding hydrogens is 1080 g/mol. The molecule has 19 heteroatoms. The fraction of sp³-hybridized carbons (Fsp3) is 0.862. The predicted molar refractivity (Wildman–Crippen MR) is 306 cm³/mol. The molecule has 0 saturated carbocycles. The first-order chi connectivity index (χ1) is 39.6. The number of carboxylic acid groups (broad SMARTS) is 2. The van der Waals surface area contributed by atoms with Crippen LogP contribution in [0, 0.1) is 29.6 Å². The van der Waals surface area contributed by atoms with Crippen LogP contribution in [-0.4, -0.2) is 188 Å². The number of hydrogen-bond donors (Lipinski definition) is 5. The van der Waals surface area contributed by atoms with E-state index in [1.807, 2.05) is 27.7 Å². The number of rotatable bonds is 16. The third-order valence-electron chi connectivity index (χ3n) is 21.1. The molecule has 10 heterocycles. The Morgan fingerprint density at radius 2 is 1.44 bits per heavy atom. The molecule has 0 amide bonds. The Bertz CT molecular complexity index is 2420. The molecule has 10 aliphatic rings. The van der Waals surface area contributed by atoms with Crippen LogP contribution in [0.25, 0.3) is 0 Å². The summed E-state index contributed by atoms with van der Waals surface area (Å²) < 4.78 is 75.5. The summed E-state index contributed by atoms with van der Waals surface area (Å²) in [6.45, 7) is 24.8. The molecule has 0 aliphatic carbocycles. The van der Waals surface area contributed by atoms with E-state index in [0.717, 1.165) is 17.6 Å². The number of carboxylic acids is 2. The molecule has 10 aliphatic heterocycles. The van der Waals surface area contributed by atoms with E-state index in [0.29, 0.717) is 77.0 Å². The lowest BCUT2D eigenvalue weighted by atomic mass is 9.72. The van der Waals surface area contributed by atoms with E-state index in [2.05, 4.69) is 59.4 Å². The molecule has 10 rings (SSSR count). The molecule has 9 fully saturated rings. The van der Waals surface area contributed by atoms with Crippen LogP contribution in [0.3, 0.4) is 0 Å². The number of esters is 1. The SMILES string of the molecule is C=C1C[C@@H]2O[C@H]3[C@H](C[C@@]2(C)O[C@H]1C/C(C)=C/[C@@H](C)COC(=O)C[C@@H](C)CC(=O)O)O[C@@H]1C[C@@H]2O[C@@H]4CC[C@@H]5O[C@@H]6C[C@@H]7O[C@H](C[C@H](O)C[C@@H]8C[C@@H](C)[C@@H]([C@@H](C)CC(=O)O)O8)[C@@H](O)CC[C@H]7O[C@@]6(C)C[C@@]5(C)O[C@H]4C/C=C\[C@@H](C)[C@H]2O[C@@]1(C)[C@@H]3O. The van der Waals surface area contributed by atoms with Crippen LogP contribution < -0.4 is 0 Å². The van der Waals surface area contributed by atoms with Crippen molar-refractivity contribution in [1.82, 2.24) is 0 Å². The van der Waals surface area contributed by atoms with Crippen LogP contribution in [-0.2, 0) is 66.5 Å². The van der Waals surface area contributed by atoms with Crippen LogP contribution >= 0.6 is 0 Å². The normalized spacial score (nSPS) is 47.6.